The summed E-state index contributed by atoms with van der Waals surface area (Å²) >= 11 is 0. The third-order valence-corrected chi connectivity index (χ3v) is 4.40. The number of nitrogens with one attached hydrogen (secondary N) is 2. The van der Waals surface area contributed by atoms with E-state index in [-0.39, 0.29) is 0 Å². The normalized spacial score (nSPS) is 16.2. The van der Waals surface area contributed by atoms with Crippen LogP contribution in [0.2, 0.25) is 0 Å². The summed E-state index contributed by atoms with van der Waals surface area (Å²) in [5.41, 5.74) is 1.22. The monoisotopic (exact) mass is 305 g/mol. The van der Waals surface area contributed by atoms with Crippen molar-refractivity contribution in [3.8, 4) is 0 Å². The van der Waals surface area contributed by atoms with Gasteiger partial charge in [0.2, 0.25) is 0 Å². The van der Waals surface area contributed by atoms with Crippen molar-refractivity contribution in [1.82, 2.24) is 20.4 Å². The van der Waals surface area contributed by atoms with E-state index in [0.717, 1.165) is 37.9 Å². The summed E-state index contributed by atoms with van der Waals surface area (Å²) in [4.78, 5) is 4.28. The molecule has 1 aliphatic carbocycles. The fraction of sp³-hybridized carbons (Fsp3) is 0.765. The molecular weight excluding hydrogens is 274 g/mol. The van der Waals surface area contributed by atoms with Crippen LogP contribution < -0.4 is 10.6 Å². The number of nitrogens with zero attached hydrogens (tertiary/aromatic N) is 3. The van der Waals surface area contributed by atoms with E-state index in [0.29, 0.717) is 0 Å². The smallest absolute Gasteiger partial charge is 0.190 e. The Bertz CT molecular complexity index is 446. The maximum atomic E-state index is 4.29. The average molecular weight is 305 g/mol. The van der Waals surface area contributed by atoms with Crippen LogP contribution in [0, 0.1) is 12.8 Å². The van der Waals surface area contributed by atoms with E-state index in [2.05, 4.69) is 33.8 Å². The Morgan fingerprint density at radius 1 is 1.27 bits per heavy atom. The summed E-state index contributed by atoms with van der Waals surface area (Å²) in [6, 6.07) is 0. The van der Waals surface area contributed by atoms with E-state index in [9.17, 15) is 0 Å². The summed E-state index contributed by atoms with van der Waals surface area (Å²) in [7, 11) is 1.84. The van der Waals surface area contributed by atoms with E-state index in [1.165, 1.54) is 44.1 Å². The van der Waals surface area contributed by atoms with Crippen molar-refractivity contribution in [2.75, 3.05) is 20.1 Å². The van der Waals surface area contributed by atoms with E-state index >= 15 is 0 Å². The van der Waals surface area contributed by atoms with Crippen molar-refractivity contribution in [2.24, 2.45) is 10.9 Å². The second kappa shape index (κ2) is 9.49. The standard InChI is InChI=1S/C17H31N5/c1-15-13-21-22(14-15)12-6-11-20-17(18-2)19-10-5-9-16-7-3-4-8-16/h13-14,16H,3-12H2,1-2H3,(H2,18,19,20). The SMILES string of the molecule is CN=C(NCCCC1CCCC1)NCCCn1cc(C)cn1. The average Bonchev–Trinajstić information content (AvgIpc) is 3.17. The molecule has 1 aromatic rings. The molecule has 22 heavy (non-hydrogen) atoms. The highest BCUT2D eigenvalue weighted by Gasteiger charge is 2.13. The third-order valence-electron chi connectivity index (χ3n) is 4.40. The Morgan fingerprint density at radius 3 is 2.64 bits per heavy atom. The van der Waals surface area contributed by atoms with Crippen LogP contribution in [0.3, 0.4) is 0 Å². The zero-order valence-electron chi connectivity index (χ0n) is 14.1. The van der Waals surface area contributed by atoms with Crippen molar-refractivity contribution in [3.63, 3.8) is 0 Å². The number of rotatable bonds is 8. The van der Waals surface area contributed by atoms with E-state index in [4.69, 9.17) is 0 Å². The van der Waals surface area contributed by atoms with Gasteiger partial charge in [0, 0.05) is 32.9 Å². The number of aryl methyl sites for hydroxylation is 2. The maximum Gasteiger partial charge on any atom is 0.190 e. The van der Waals surface area contributed by atoms with Gasteiger partial charge in [-0.3, -0.25) is 9.67 Å². The Kier molecular flexibility index (Phi) is 7.26. The van der Waals surface area contributed by atoms with Crippen LogP contribution in [0.4, 0.5) is 0 Å². The van der Waals surface area contributed by atoms with Gasteiger partial charge >= 0.3 is 0 Å². The van der Waals surface area contributed by atoms with Gasteiger partial charge in [-0.1, -0.05) is 25.7 Å². The molecule has 0 aliphatic heterocycles. The molecule has 0 saturated heterocycles. The fourth-order valence-electron chi connectivity index (χ4n) is 3.15. The Balaban J connectivity index is 1.51. The summed E-state index contributed by atoms with van der Waals surface area (Å²) < 4.78 is 1.99. The van der Waals surface area contributed by atoms with Gasteiger partial charge in [0.15, 0.2) is 5.96 Å². The van der Waals surface area contributed by atoms with Crippen LogP contribution in [0.5, 0.6) is 0 Å². The first-order valence-corrected chi connectivity index (χ1v) is 8.71. The molecule has 0 aromatic carbocycles. The molecule has 124 valence electrons. The predicted octanol–water partition coefficient (Wildman–Crippen LogP) is 2.72. The Hall–Kier alpha value is -1.52. The number of hydrogen-bond donors (Lipinski definition) is 2. The highest BCUT2D eigenvalue weighted by Crippen LogP contribution is 2.28. The molecule has 1 aliphatic rings. The zero-order chi connectivity index (χ0) is 15.6. The Labute approximate surface area is 134 Å². The molecule has 0 radical (unpaired) electrons. The summed E-state index contributed by atoms with van der Waals surface area (Å²) in [6.07, 6.45) is 13.4. The van der Waals surface area contributed by atoms with Gasteiger partial charge in [0.25, 0.3) is 0 Å². The molecule has 2 N–H and O–H groups in total. The lowest BCUT2D eigenvalue weighted by molar-refractivity contribution is 0.481. The van der Waals surface area contributed by atoms with Gasteiger partial charge in [-0.15, -0.1) is 0 Å². The van der Waals surface area contributed by atoms with E-state index < -0.39 is 0 Å². The van der Waals surface area contributed by atoms with Crippen LogP contribution in [0.1, 0.15) is 50.5 Å². The number of aliphatic imine (C=N–C) groups is 1. The highest BCUT2D eigenvalue weighted by molar-refractivity contribution is 5.79. The molecule has 0 bridgehead atoms. The van der Waals surface area contributed by atoms with Crippen LogP contribution in [-0.4, -0.2) is 35.9 Å². The van der Waals surface area contributed by atoms with Crippen LogP contribution in [0.25, 0.3) is 0 Å². The largest absolute Gasteiger partial charge is 0.356 e. The number of guanidine groups is 1. The lowest BCUT2D eigenvalue weighted by Gasteiger charge is -2.13. The molecule has 0 atom stereocenters. The molecule has 0 unspecified atom stereocenters. The van der Waals surface area contributed by atoms with Gasteiger partial charge < -0.3 is 10.6 Å². The van der Waals surface area contributed by atoms with Gasteiger partial charge in [-0.25, -0.2) is 0 Å². The number of hydrogen-bond acceptors (Lipinski definition) is 2. The van der Waals surface area contributed by atoms with Gasteiger partial charge in [-0.05, 0) is 37.7 Å². The topological polar surface area (TPSA) is 54.2 Å². The molecule has 1 heterocycles. The molecule has 1 saturated carbocycles. The number of aromatic nitrogens is 2. The first kappa shape index (κ1) is 16.8. The van der Waals surface area contributed by atoms with Gasteiger partial charge in [0.05, 0.1) is 6.20 Å². The van der Waals surface area contributed by atoms with Gasteiger partial charge in [0.1, 0.15) is 0 Å². The minimum atomic E-state index is 0.918. The Morgan fingerprint density at radius 2 is 2.00 bits per heavy atom. The van der Waals surface area contributed by atoms with Crippen molar-refractivity contribution in [3.05, 3.63) is 18.0 Å². The lowest BCUT2D eigenvalue weighted by atomic mass is 10.0. The summed E-state index contributed by atoms with van der Waals surface area (Å²) in [5.74, 6) is 1.90. The van der Waals surface area contributed by atoms with Crippen molar-refractivity contribution in [2.45, 2.75) is 58.4 Å². The third kappa shape index (κ3) is 6.08. The van der Waals surface area contributed by atoms with E-state index in [1.54, 1.807) is 0 Å². The van der Waals surface area contributed by atoms with Crippen LogP contribution in [-0.2, 0) is 6.54 Å². The molecule has 0 spiro atoms. The van der Waals surface area contributed by atoms with Crippen LogP contribution >= 0.6 is 0 Å². The van der Waals surface area contributed by atoms with Gasteiger partial charge in [-0.2, -0.15) is 5.10 Å². The molecule has 1 fully saturated rings. The van der Waals surface area contributed by atoms with Crippen molar-refractivity contribution < 1.29 is 0 Å². The second-order valence-electron chi connectivity index (χ2n) is 6.35. The quantitative estimate of drug-likeness (QED) is 0.441. The molecular formula is C17H31N5. The predicted molar refractivity (Wildman–Crippen MR) is 92.1 cm³/mol. The maximum absolute atomic E-state index is 4.29. The second-order valence-corrected chi connectivity index (χ2v) is 6.35. The fourth-order valence-corrected chi connectivity index (χ4v) is 3.15. The molecule has 2 rings (SSSR count). The van der Waals surface area contributed by atoms with Crippen LogP contribution in [0.15, 0.2) is 17.4 Å². The first-order valence-electron chi connectivity index (χ1n) is 8.71. The molecule has 5 heteroatoms. The molecule has 5 nitrogen and oxygen atoms in total. The molecule has 0 amide bonds. The van der Waals surface area contributed by atoms with E-state index in [1.807, 2.05) is 17.9 Å². The first-order chi connectivity index (χ1) is 10.8. The van der Waals surface area contributed by atoms with Crippen molar-refractivity contribution >= 4 is 5.96 Å². The summed E-state index contributed by atoms with van der Waals surface area (Å²) in [5, 5.41) is 11.1. The summed E-state index contributed by atoms with van der Waals surface area (Å²) in [6.45, 7) is 4.95. The minimum Gasteiger partial charge on any atom is -0.356 e. The molecule has 1 aromatic heterocycles. The van der Waals surface area contributed by atoms with Crippen molar-refractivity contribution in [1.29, 1.82) is 0 Å². The zero-order valence-corrected chi connectivity index (χ0v) is 14.1. The minimum absolute atomic E-state index is 0.918. The highest BCUT2D eigenvalue weighted by atomic mass is 15.3. The lowest BCUT2D eigenvalue weighted by Crippen LogP contribution is -2.38.